The summed E-state index contributed by atoms with van der Waals surface area (Å²) in [5.41, 5.74) is 0. The molecule has 0 spiro atoms. The van der Waals surface area contributed by atoms with E-state index in [9.17, 15) is 13.2 Å². The summed E-state index contributed by atoms with van der Waals surface area (Å²) < 4.78 is 34.7. The zero-order valence-electron chi connectivity index (χ0n) is 4.48. The topological polar surface area (TPSA) is 65.3 Å². The van der Waals surface area contributed by atoms with Crippen molar-refractivity contribution in [1.82, 2.24) is 0 Å². The first-order chi connectivity index (χ1) is 4.50. The highest BCUT2D eigenvalue weighted by Crippen LogP contribution is 2.18. The van der Waals surface area contributed by atoms with Crippen molar-refractivity contribution in [2.45, 2.75) is 6.18 Å². The van der Waals surface area contributed by atoms with Crippen LogP contribution in [0.5, 0.6) is 0 Å². The maximum Gasteiger partial charge on any atom is 0.459 e. The average molecular weight is 153 g/mol. The number of rotatable bonds is 0. The van der Waals surface area contributed by atoms with Crippen LogP contribution in [0.15, 0.2) is 15.4 Å². The van der Waals surface area contributed by atoms with Crippen LogP contribution in [0.2, 0.25) is 0 Å². The standard InChI is InChI=1S/C2H2F3N5/c3-2(4,5)1-7-9-10(6)8-1/h6,10H. The van der Waals surface area contributed by atoms with Gasteiger partial charge in [0.1, 0.15) is 0 Å². The molecule has 1 heterocycles. The Hall–Kier alpha value is -1.02. The molecule has 1 aliphatic rings. The van der Waals surface area contributed by atoms with Crippen LogP contribution >= 0.6 is 0 Å². The van der Waals surface area contributed by atoms with E-state index in [1.54, 1.807) is 0 Å². The van der Waals surface area contributed by atoms with E-state index in [4.69, 9.17) is 5.84 Å². The van der Waals surface area contributed by atoms with Crippen LogP contribution in [0.3, 0.4) is 0 Å². The van der Waals surface area contributed by atoms with E-state index in [0.29, 0.717) is 0 Å². The number of nitrogens with one attached hydrogen (secondary N) is 2. The Bertz CT molecular complexity index is 192. The van der Waals surface area contributed by atoms with Gasteiger partial charge in [-0.15, -0.1) is 5.23 Å². The van der Waals surface area contributed by atoms with E-state index >= 15 is 0 Å². The molecule has 8 heteroatoms. The van der Waals surface area contributed by atoms with Gasteiger partial charge in [-0.2, -0.15) is 13.2 Å². The van der Waals surface area contributed by atoms with Gasteiger partial charge in [0.2, 0.25) is 0 Å². The van der Waals surface area contributed by atoms with E-state index in [-0.39, 0.29) is 0 Å². The third kappa shape index (κ3) is 1.28. The molecule has 2 N–H and O–H groups in total. The molecule has 0 aromatic heterocycles. The minimum atomic E-state index is -4.59. The largest absolute Gasteiger partial charge is 0.459 e. The Morgan fingerprint density at radius 2 is 2.00 bits per heavy atom. The van der Waals surface area contributed by atoms with Gasteiger partial charge in [-0.1, -0.05) is 5.11 Å². The molecular formula is C2H2F3N5. The molecule has 0 saturated heterocycles. The number of halogens is 3. The van der Waals surface area contributed by atoms with E-state index in [1.165, 1.54) is 0 Å². The van der Waals surface area contributed by atoms with Crippen LogP contribution in [0, 0.1) is 0 Å². The Morgan fingerprint density at radius 1 is 1.40 bits per heavy atom. The van der Waals surface area contributed by atoms with Gasteiger partial charge in [-0.05, 0) is 5.10 Å². The average Bonchev–Trinajstić information content (AvgIpc) is 2.11. The summed E-state index contributed by atoms with van der Waals surface area (Å²) in [6.45, 7) is 0. The van der Waals surface area contributed by atoms with Gasteiger partial charge in [0.25, 0.3) is 0 Å². The maximum absolute atomic E-state index is 11.6. The number of hydrogen-bond acceptors (Lipinski definition) is 3. The SMILES string of the molecule is [NH-][NH+]1N=NC(C(F)(F)F)=N1. The molecular weight excluding hydrogens is 151 g/mol. The van der Waals surface area contributed by atoms with Crippen molar-refractivity contribution in [3.8, 4) is 0 Å². The molecule has 0 radical (unpaired) electrons. The summed E-state index contributed by atoms with van der Waals surface area (Å²) in [5.74, 6) is 5.15. The monoisotopic (exact) mass is 153 g/mol. The van der Waals surface area contributed by atoms with Crippen molar-refractivity contribution in [1.29, 1.82) is 0 Å². The minimum absolute atomic E-state index is 0.715. The molecule has 10 heavy (non-hydrogen) atoms. The summed E-state index contributed by atoms with van der Waals surface area (Å²) in [5, 5.41) is 7.37. The Labute approximate surface area is 52.9 Å². The lowest BCUT2D eigenvalue weighted by Gasteiger charge is -1.98. The quantitative estimate of drug-likeness (QED) is 0.512. The van der Waals surface area contributed by atoms with Crippen molar-refractivity contribution >= 4 is 5.84 Å². The summed E-state index contributed by atoms with van der Waals surface area (Å²) in [7, 11) is 0. The molecule has 5 nitrogen and oxygen atoms in total. The van der Waals surface area contributed by atoms with Gasteiger partial charge < -0.3 is 5.84 Å². The van der Waals surface area contributed by atoms with Crippen LogP contribution in [0.1, 0.15) is 0 Å². The van der Waals surface area contributed by atoms with Crippen LogP contribution in [-0.4, -0.2) is 12.0 Å². The number of alkyl halides is 3. The van der Waals surface area contributed by atoms with Gasteiger partial charge in [0.15, 0.2) is 0 Å². The lowest BCUT2D eigenvalue weighted by molar-refractivity contribution is -0.863. The first-order valence-corrected chi connectivity index (χ1v) is 2.16. The normalized spacial score (nSPS) is 25.2. The predicted octanol–water partition coefficient (Wildman–Crippen LogP) is 0.0951. The zero-order chi connectivity index (χ0) is 7.78. The van der Waals surface area contributed by atoms with Crippen LogP contribution in [-0.2, 0) is 0 Å². The molecule has 1 atom stereocenters. The van der Waals surface area contributed by atoms with Crippen molar-refractivity contribution in [3.05, 3.63) is 5.84 Å². The molecule has 0 aliphatic carbocycles. The fourth-order valence-corrected chi connectivity index (χ4v) is 0.360. The third-order valence-corrected chi connectivity index (χ3v) is 0.705. The van der Waals surface area contributed by atoms with Crippen LogP contribution in [0.4, 0.5) is 13.2 Å². The van der Waals surface area contributed by atoms with E-state index in [2.05, 4.69) is 15.4 Å². The van der Waals surface area contributed by atoms with Gasteiger partial charge in [0, 0.05) is 5.22 Å². The Morgan fingerprint density at radius 3 is 2.20 bits per heavy atom. The lowest BCUT2D eigenvalue weighted by atomic mass is 10.6. The van der Waals surface area contributed by atoms with Gasteiger partial charge in [-0.25, -0.2) is 0 Å². The summed E-state index contributed by atoms with van der Waals surface area (Å²) in [6.07, 6.45) is -4.59. The number of amidine groups is 1. The second-order valence-corrected chi connectivity index (χ2v) is 1.46. The molecule has 0 bridgehead atoms. The maximum atomic E-state index is 11.6. The first kappa shape index (κ1) is 7.09. The van der Waals surface area contributed by atoms with Gasteiger partial charge in [0.05, 0.1) is 0 Å². The first-order valence-electron chi connectivity index (χ1n) is 2.16. The number of quaternary nitrogens is 1. The van der Waals surface area contributed by atoms with Crippen molar-refractivity contribution in [2.75, 3.05) is 0 Å². The van der Waals surface area contributed by atoms with Crippen molar-refractivity contribution in [2.24, 2.45) is 15.4 Å². The van der Waals surface area contributed by atoms with Crippen LogP contribution < -0.4 is 5.23 Å². The highest BCUT2D eigenvalue weighted by atomic mass is 19.4. The third-order valence-electron chi connectivity index (χ3n) is 0.705. The fraction of sp³-hybridized carbons (Fsp3) is 0.500. The van der Waals surface area contributed by atoms with Gasteiger partial charge >= 0.3 is 12.0 Å². The van der Waals surface area contributed by atoms with Crippen molar-refractivity contribution in [3.63, 3.8) is 0 Å². The minimum Gasteiger partial charge on any atom is -0.410 e. The van der Waals surface area contributed by atoms with Crippen molar-refractivity contribution < 1.29 is 18.4 Å². The molecule has 0 saturated carbocycles. The smallest absolute Gasteiger partial charge is 0.410 e. The number of nitrogens with zero attached hydrogens (tertiary/aromatic N) is 3. The molecule has 56 valence electrons. The van der Waals surface area contributed by atoms with E-state index in [0.717, 1.165) is 0 Å². The molecule has 0 aromatic carbocycles. The molecule has 1 aliphatic heterocycles. The molecule has 0 fully saturated rings. The van der Waals surface area contributed by atoms with Gasteiger partial charge in [-0.3, -0.25) is 0 Å². The molecule has 1 rings (SSSR count). The molecule has 1 unspecified atom stereocenters. The van der Waals surface area contributed by atoms with E-state index < -0.39 is 17.2 Å². The second kappa shape index (κ2) is 1.99. The Kier molecular flexibility index (Phi) is 1.41. The summed E-state index contributed by atoms with van der Waals surface area (Å²) >= 11 is 0. The second-order valence-electron chi connectivity index (χ2n) is 1.46. The van der Waals surface area contributed by atoms with Crippen LogP contribution in [0.25, 0.3) is 5.84 Å². The summed E-state index contributed by atoms with van der Waals surface area (Å²) in [6, 6.07) is 0. The molecule has 0 amide bonds. The highest BCUT2D eigenvalue weighted by Gasteiger charge is 2.40. The Balaban J connectivity index is 2.78. The zero-order valence-corrected chi connectivity index (χ0v) is 4.48. The summed E-state index contributed by atoms with van der Waals surface area (Å²) in [4.78, 5) is 0. The van der Waals surface area contributed by atoms with E-state index in [1.807, 2.05) is 0 Å². The molecule has 0 aromatic rings. The fourth-order valence-electron chi connectivity index (χ4n) is 0.360. The highest BCUT2D eigenvalue weighted by molar-refractivity contribution is 5.87. The lowest BCUT2D eigenvalue weighted by Crippen LogP contribution is -2.93. The number of hydrogen-bond donors (Lipinski definition) is 1. The predicted molar refractivity (Wildman–Crippen MR) is 23.6 cm³/mol.